The minimum atomic E-state index is -0.225. The molecule has 1 aliphatic heterocycles. The standard InChI is InChI=1S/C22H21N5OS/c1-13-19(29-21(24-13)15-6-5-8-23-11-15)17-18-14(7-9-27(18)4)10-16(25-17)20-26-22(2,3)12-28-20/h5-11H,12H2,1-4H3. The third-order valence-corrected chi connectivity index (χ3v) is 6.17. The van der Waals surface area contributed by atoms with E-state index in [4.69, 9.17) is 19.7 Å². The smallest absolute Gasteiger partial charge is 0.236 e. The van der Waals surface area contributed by atoms with E-state index in [0.29, 0.717) is 12.5 Å². The van der Waals surface area contributed by atoms with Crippen LogP contribution in [0, 0.1) is 6.92 Å². The second-order valence-electron chi connectivity index (χ2n) is 7.91. The van der Waals surface area contributed by atoms with Crippen LogP contribution in [0.5, 0.6) is 0 Å². The van der Waals surface area contributed by atoms with Crippen molar-refractivity contribution in [1.82, 2.24) is 19.5 Å². The summed E-state index contributed by atoms with van der Waals surface area (Å²) in [5.41, 5.74) is 4.49. The lowest BCUT2D eigenvalue weighted by molar-refractivity contribution is 0.279. The highest BCUT2D eigenvalue weighted by Crippen LogP contribution is 2.38. The van der Waals surface area contributed by atoms with E-state index in [2.05, 4.69) is 41.7 Å². The van der Waals surface area contributed by atoms with Gasteiger partial charge < -0.3 is 9.30 Å². The molecule has 29 heavy (non-hydrogen) atoms. The maximum absolute atomic E-state index is 5.87. The van der Waals surface area contributed by atoms with Crippen molar-refractivity contribution in [2.45, 2.75) is 26.3 Å². The molecule has 4 aromatic heterocycles. The molecular formula is C22H21N5OS. The minimum absolute atomic E-state index is 0.225. The number of hydrogen-bond acceptors (Lipinski definition) is 6. The Morgan fingerprint density at radius 2 is 2.07 bits per heavy atom. The first-order valence-electron chi connectivity index (χ1n) is 9.49. The number of rotatable bonds is 3. The van der Waals surface area contributed by atoms with Crippen molar-refractivity contribution in [3.05, 3.63) is 54.2 Å². The summed E-state index contributed by atoms with van der Waals surface area (Å²) in [4.78, 5) is 19.8. The maximum atomic E-state index is 5.87. The summed E-state index contributed by atoms with van der Waals surface area (Å²) in [6, 6.07) is 8.11. The Morgan fingerprint density at radius 1 is 1.21 bits per heavy atom. The fourth-order valence-electron chi connectivity index (χ4n) is 3.53. The summed E-state index contributed by atoms with van der Waals surface area (Å²) in [5.74, 6) is 0.608. The van der Waals surface area contributed by atoms with Crippen LogP contribution in [0.15, 0.2) is 47.8 Å². The van der Waals surface area contributed by atoms with Crippen LogP contribution in [-0.2, 0) is 11.8 Å². The van der Waals surface area contributed by atoms with Crippen LogP contribution in [0.3, 0.4) is 0 Å². The Morgan fingerprint density at radius 3 is 2.79 bits per heavy atom. The van der Waals surface area contributed by atoms with Crippen LogP contribution in [0.25, 0.3) is 32.0 Å². The molecule has 0 bridgehead atoms. The summed E-state index contributed by atoms with van der Waals surface area (Å²) >= 11 is 1.64. The molecule has 5 heterocycles. The topological polar surface area (TPSA) is 65.2 Å². The zero-order valence-corrected chi connectivity index (χ0v) is 17.6. The lowest BCUT2D eigenvalue weighted by Gasteiger charge is -2.08. The molecule has 5 rings (SSSR count). The molecule has 4 aromatic rings. The molecular weight excluding hydrogens is 382 g/mol. The van der Waals surface area contributed by atoms with Crippen molar-refractivity contribution in [3.63, 3.8) is 0 Å². The molecule has 0 unspecified atom stereocenters. The third kappa shape index (κ3) is 3.11. The summed E-state index contributed by atoms with van der Waals surface area (Å²) < 4.78 is 7.97. The van der Waals surface area contributed by atoms with Crippen LogP contribution in [0.1, 0.15) is 25.2 Å². The number of thiazole rings is 1. The molecule has 0 saturated carbocycles. The number of pyridine rings is 2. The second-order valence-corrected chi connectivity index (χ2v) is 8.91. The minimum Gasteiger partial charge on any atom is -0.474 e. The molecule has 0 saturated heterocycles. The number of aliphatic imine (C=N–C) groups is 1. The van der Waals surface area contributed by atoms with E-state index in [0.717, 1.165) is 43.4 Å². The van der Waals surface area contributed by atoms with Gasteiger partial charge in [-0.05, 0) is 45.0 Å². The van der Waals surface area contributed by atoms with Crippen molar-refractivity contribution in [2.24, 2.45) is 12.0 Å². The molecule has 0 spiro atoms. The van der Waals surface area contributed by atoms with Gasteiger partial charge >= 0.3 is 0 Å². The molecule has 0 aromatic carbocycles. The molecule has 0 N–H and O–H groups in total. The predicted octanol–water partition coefficient (Wildman–Crippen LogP) is 4.62. The highest BCUT2D eigenvalue weighted by Gasteiger charge is 2.29. The van der Waals surface area contributed by atoms with Crippen molar-refractivity contribution in [2.75, 3.05) is 6.61 Å². The molecule has 146 valence electrons. The van der Waals surface area contributed by atoms with Crippen LogP contribution < -0.4 is 0 Å². The summed E-state index contributed by atoms with van der Waals surface area (Å²) in [7, 11) is 2.04. The lowest BCUT2D eigenvalue weighted by atomic mass is 10.1. The van der Waals surface area contributed by atoms with E-state index in [1.165, 1.54) is 0 Å². The fourth-order valence-corrected chi connectivity index (χ4v) is 4.58. The Hall–Kier alpha value is -3.06. The van der Waals surface area contributed by atoms with Gasteiger partial charge in [0.25, 0.3) is 0 Å². The number of fused-ring (bicyclic) bond motifs is 1. The van der Waals surface area contributed by atoms with E-state index >= 15 is 0 Å². The Balaban J connectivity index is 1.71. The van der Waals surface area contributed by atoms with E-state index in [-0.39, 0.29) is 5.54 Å². The van der Waals surface area contributed by atoms with Crippen molar-refractivity contribution < 1.29 is 4.74 Å². The molecule has 0 fully saturated rings. The van der Waals surface area contributed by atoms with Gasteiger partial charge in [-0.25, -0.2) is 15.0 Å². The monoisotopic (exact) mass is 403 g/mol. The van der Waals surface area contributed by atoms with Gasteiger partial charge in [-0.15, -0.1) is 11.3 Å². The van der Waals surface area contributed by atoms with Gasteiger partial charge in [-0.3, -0.25) is 4.98 Å². The van der Waals surface area contributed by atoms with Gasteiger partial charge in [0.1, 0.15) is 23.0 Å². The maximum Gasteiger partial charge on any atom is 0.236 e. The summed E-state index contributed by atoms with van der Waals surface area (Å²) in [6.07, 6.45) is 5.67. The highest BCUT2D eigenvalue weighted by molar-refractivity contribution is 7.18. The molecule has 0 amide bonds. The van der Waals surface area contributed by atoms with Crippen molar-refractivity contribution >= 4 is 28.1 Å². The quantitative estimate of drug-likeness (QED) is 0.501. The molecule has 0 atom stereocenters. The first-order valence-corrected chi connectivity index (χ1v) is 10.3. The van der Waals surface area contributed by atoms with Gasteiger partial charge in [0.05, 0.1) is 21.6 Å². The van der Waals surface area contributed by atoms with Gasteiger partial charge in [0, 0.05) is 36.6 Å². The largest absolute Gasteiger partial charge is 0.474 e. The average Bonchev–Trinajstić information content (AvgIpc) is 3.39. The van der Waals surface area contributed by atoms with Crippen molar-refractivity contribution in [1.29, 1.82) is 0 Å². The Kier molecular flexibility index (Phi) is 4.03. The third-order valence-electron chi connectivity index (χ3n) is 4.96. The van der Waals surface area contributed by atoms with E-state index in [1.807, 2.05) is 32.3 Å². The van der Waals surface area contributed by atoms with Gasteiger partial charge in [-0.2, -0.15) is 0 Å². The Bertz CT molecular complexity index is 1250. The van der Waals surface area contributed by atoms with E-state index < -0.39 is 0 Å². The number of hydrogen-bond donors (Lipinski definition) is 0. The van der Waals surface area contributed by atoms with Crippen LogP contribution >= 0.6 is 11.3 Å². The SMILES string of the molecule is Cc1nc(-c2cccnc2)sc1-c1nc(C2=NC(C)(C)CO2)cc2ccn(C)c12. The second kappa shape index (κ2) is 6.49. The molecule has 6 nitrogen and oxygen atoms in total. The fraction of sp³-hybridized carbons (Fsp3) is 0.273. The predicted molar refractivity (Wildman–Crippen MR) is 116 cm³/mol. The van der Waals surface area contributed by atoms with E-state index in [9.17, 15) is 0 Å². The Labute approximate surface area is 173 Å². The summed E-state index contributed by atoms with van der Waals surface area (Å²) in [5, 5.41) is 2.05. The molecule has 1 aliphatic rings. The number of nitrogens with zero attached hydrogens (tertiary/aromatic N) is 5. The molecule has 0 aliphatic carbocycles. The van der Waals surface area contributed by atoms with Gasteiger partial charge in [0.2, 0.25) is 5.90 Å². The van der Waals surface area contributed by atoms with Gasteiger partial charge in [0.15, 0.2) is 0 Å². The molecule has 0 radical (unpaired) electrons. The first-order chi connectivity index (χ1) is 13.9. The number of aryl methyl sites for hydroxylation is 2. The number of aromatic nitrogens is 4. The zero-order valence-electron chi connectivity index (χ0n) is 16.8. The lowest BCUT2D eigenvalue weighted by Crippen LogP contribution is -2.17. The highest BCUT2D eigenvalue weighted by atomic mass is 32.1. The van der Waals surface area contributed by atoms with Crippen LogP contribution in [0.2, 0.25) is 0 Å². The summed E-state index contributed by atoms with van der Waals surface area (Å²) in [6.45, 7) is 6.73. The molecule has 7 heteroatoms. The van der Waals surface area contributed by atoms with E-state index in [1.54, 1.807) is 17.5 Å². The van der Waals surface area contributed by atoms with Crippen LogP contribution in [0.4, 0.5) is 0 Å². The number of ether oxygens (including phenoxy) is 1. The normalized spacial score (nSPS) is 15.5. The zero-order chi connectivity index (χ0) is 20.2. The van der Waals surface area contributed by atoms with Crippen LogP contribution in [-0.4, -0.2) is 37.6 Å². The first kappa shape index (κ1) is 18.0. The van der Waals surface area contributed by atoms with Gasteiger partial charge in [-0.1, -0.05) is 0 Å². The van der Waals surface area contributed by atoms with Crippen molar-refractivity contribution in [3.8, 4) is 21.1 Å². The average molecular weight is 404 g/mol.